The second-order valence-corrected chi connectivity index (χ2v) is 5.77. The number of benzene rings is 1. The lowest BCUT2D eigenvalue weighted by molar-refractivity contribution is -0.138. The summed E-state index contributed by atoms with van der Waals surface area (Å²) in [4.78, 5) is 10.9. The smallest absolute Gasteiger partial charge is 0.304 e. The number of hydrogen-bond donors (Lipinski definition) is 2. The van der Waals surface area contributed by atoms with Crippen LogP contribution in [0, 0.1) is 13.8 Å². The fourth-order valence-corrected chi connectivity index (χ4v) is 2.76. The molecule has 0 amide bonds. The average molecular weight is 301 g/mol. The molecule has 94 valence electrons. The van der Waals surface area contributed by atoms with Gasteiger partial charge in [0.2, 0.25) is 0 Å². The molecule has 0 unspecified atom stereocenters. The molecule has 0 bridgehead atoms. The normalized spacial score (nSPS) is 11.6. The number of aryl methyl sites for hydroxylation is 1. The maximum absolute atomic E-state index is 10.9. The first-order valence-corrected chi connectivity index (χ1v) is 6.17. The molecule has 0 aliphatic carbocycles. The fourth-order valence-electron chi connectivity index (χ4n) is 2.45. The summed E-state index contributed by atoms with van der Waals surface area (Å²) >= 11 is 3.33. The molecule has 0 heterocycles. The van der Waals surface area contributed by atoms with Gasteiger partial charge in [-0.25, -0.2) is 0 Å². The summed E-state index contributed by atoms with van der Waals surface area (Å²) < 4.78 is 0.636. The van der Waals surface area contributed by atoms with Gasteiger partial charge in [-0.2, -0.15) is 0 Å². The quantitative estimate of drug-likeness (QED) is 0.898. The number of phenolic OH excluding ortho intramolecular Hbond substituents is 1. The molecular formula is C13H17BrO3. The number of aliphatic carboxylic acids is 1. The van der Waals surface area contributed by atoms with E-state index < -0.39 is 11.4 Å². The summed E-state index contributed by atoms with van der Waals surface area (Å²) in [5, 5.41) is 18.6. The van der Waals surface area contributed by atoms with E-state index in [2.05, 4.69) is 15.9 Å². The number of carboxylic acids is 1. The third-order valence-corrected chi connectivity index (χ3v) is 3.95. The molecule has 0 radical (unpaired) electrons. The summed E-state index contributed by atoms with van der Waals surface area (Å²) in [6.45, 7) is 7.58. The highest BCUT2D eigenvalue weighted by Gasteiger charge is 2.29. The van der Waals surface area contributed by atoms with Crippen molar-refractivity contribution in [3.05, 3.63) is 27.2 Å². The standard InChI is InChI=1S/C13H17BrO3/c1-7-5-9(15)12(14)8(2)11(7)13(3,4)6-10(16)17/h5,15H,6H2,1-4H3,(H,16,17). The molecule has 0 fully saturated rings. The Hall–Kier alpha value is -1.03. The molecule has 2 N–H and O–H groups in total. The lowest BCUT2D eigenvalue weighted by Crippen LogP contribution is -2.24. The highest BCUT2D eigenvalue weighted by molar-refractivity contribution is 9.10. The lowest BCUT2D eigenvalue weighted by atomic mass is 9.77. The van der Waals surface area contributed by atoms with E-state index in [1.165, 1.54) is 0 Å². The fraction of sp³-hybridized carbons (Fsp3) is 0.462. The minimum Gasteiger partial charge on any atom is -0.507 e. The zero-order chi connectivity index (χ0) is 13.4. The maximum atomic E-state index is 10.9. The monoisotopic (exact) mass is 300 g/mol. The second-order valence-electron chi connectivity index (χ2n) is 4.98. The van der Waals surface area contributed by atoms with Crippen molar-refractivity contribution in [1.82, 2.24) is 0 Å². The van der Waals surface area contributed by atoms with Crippen LogP contribution in [0.5, 0.6) is 5.75 Å². The number of carbonyl (C=O) groups is 1. The Labute approximate surface area is 110 Å². The zero-order valence-electron chi connectivity index (χ0n) is 10.5. The van der Waals surface area contributed by atoms with Gasteiger partial charge in [0.1, 0.15) is 5.75 Å². The van der Waals surface area contributed by atoms with Crippen LogP contribution in [0.1, 0.15) is 37.0 Å². The number of aromatic hydroxyl groups is 1. The zero-order valence-corrected chi connectivity index (χ0v) is 12.1. The predicted molar refractivity (Wildman–Crippen MR) is 70.6 cm³/mol. The van der Waals surface area contributed by atoms with E-state index in [0.717, 1.165) is 16.7 Å². The van der Waals surface area contributed by atoms with Gasteiger partial charge in [0.15, 0.2) is 0 Å². The van der Waals surface area contributed by atoms with E-state index >= 15 is 0 Å². The van der Waals surface area contributed by atoms with Crippen LogP contribution in [0.3, 0.4) is 0 Å². The third-order valence-electron chi connectivity index (χ3n) is 2.95. The molecule has 1 aromatic carbocycles. The van der Waals surface area contributed by atoms with Crippen LogP contribution in [-0.2, 0) is 10.2 Å². The highest BCUT2D eigenvalue weighted by Crippen LogP contribution is 2.39. The molecule has 4 heteroatoms. The van der Waals surface area contributed by atoms with E-state index in [1.54, 1.807) is 6.07 Å². The van der Waals surface area contributed by atoms with Gasteiger partial charge < -0.3 is 10.2 Å². The van der Waals surface area contributed by atoms with Crippen LogP contribution < -0.4 is 0 Å². The predicted octanol–water partition coefficient (Wildman–Crippen LogP) is 3.52. The minimum atomic E-state index is -0.821. The third kappa shape index (κ3) is 2.80. The molecule has 0 saturated heterocycles. The van der Waals surface area contributed by atoms with Gasteiger partial charge >= 0.3 is 5.97 Å². The molecule has 0 aliphatic rings. The molecule has 0 saturated carbocycles. The molecule has 1 aromatic rings. The Morgan fingerprint density at radius 1 is 1.41 bits per heavy atom. The summed E-state index contributed by atoms with van der Waals surface area (Å²) in [6.07, 6.45) is 0.0614. The molecule has 3 nitrogen and oxygen atoms in total. The Kier molecular flexibility index (Phi) is 3.87. The number of rotatable bonds is 3. The van der Waals surface area contributed by atoms with Crippen molar-refractivity contribution < 1.29 is 15.0 Å². The first kappa shape index (κ1) is 14.0. The van der Waals surface area contributed by atoms with Crippen molar-refractivity contribution in [2.75, 3.05) is 0 Å². The lowest BCUT2D eigenvalue weighted by Gasteiger charge is -2.28. The van der Waals surface area contributed by atoms with Gasteiger partial charge in [0.25, 0.3) is 0 Å². The number of halogens is 1. The van der Waals surface area contributed by atoms with Crippen LogP contribution in [0.4, 0.5) is 0 Å². The number of carboxylic acid groups (broad SMARTS) is 1. The van der Waals surface area contributed by atoms with Crippen molar-refractivity contribution in [3.8, 4) is 5.75 Å². The Morgan fingerprint density at radius 2 is 1.94 bits per heavy atom. The second kappa shape index (κ2) is 4.69. The molecule has 0 aliphatic heterocycles. The Bertz CT molecular complexity index is 464. The van der Waals surface area contributed by atoms with Crippen LogP contribution >= 0.6 is 15.9 Å². The topological polar surface area (TPSA) is 57.5 Å². The molecule has 0 spiro atoms. The van der Waals surface area contributed by atoms with E-state index in [1.807, 2.05) is 27.7 Å². The van der Waals surface area contributed by atoms with Crippen molar-refractivity contribution in [2.24, 2.45) is 0 Å². The van der Waals surface area contributed by atoms with Gasteiger partial charge in [-0.05, 0) is 52.5 Å². The minimum absolute atomic E-state index is 0.0614. The summed E-state index contributed by atoms with van der Waals surface area (Å²) in [7, 11) is 0. The summed E-state index contributed by atoms with van der Waals surface area (Å²) in [5.74, 6) is -0.632. The van der Waals surface area contributed by atoms with Crippen LogP contribution in [0.15, 0.2) is 10.5 Å². The molecule has 17 heavy (non-hydrogen) atoms. The van der Waals surface area contributed by atoms with Crippen LogP contribution in [0.25, 0.3) is 0 Å². The highest BCUT2D eigenvalue weighted by atomic mass is 79.9. The Balaban J connectivity index is 3.40. The average Bonchev–Trinajstić information content (AvgIpc) is 2.11. The van der Waals surface area contributed by atoms with Gasteiger partial charge in [-0.3, -0.25) is 4.79 Å². The van der Waals surface area contributed by atoms with Gasteiger partial charge in [0, 0.05) is 5.41 Å². The van der Waals surface area contributed by atoms with E-state index in [9.17, 15) is 9.90 Å². The molecule has 1 rings (SSSR count). The Morgan fingerprint density at radius 3 is 2.41 bits per heavy atom. The van der Waals surface area contributed by atoms with Crippen LogP contribution in [-0.4, -0.2) is 16.2 Å². The van der Waals surface area contributed by atoms with E-state index in [-0.39, 0.29) is 12.2 Å². The van der Waals surface area contributed by atoms with Crippen molar-refractivity contribution in [2.45, 2.75) is 39.5 Å². The summed E-state index contributed by atoms with van der Waals surface area (Å²) in [5.41, 5.74) is 2.32. The van der Waals surface area contributed by atoms with Crippen molar-refractivity contribution >= 4 is 21.9 Å². The van der Waals surface area contributed by atoms with Gasteiger partial charge in [-0.15, -0.1) is 0 Å². The van der Waals surface area contributed by atoms with Gasteiger partial charge in [0.05, 0.1) is 10.9 Å². The first-order chi connectivity index (χ1) is 7.66. The van der Waals surface area contributed by atoms with E-state index in [0.29, 0.717) is 4.47 Å². The largest absolute Gasteiger partial charge is 0.507 e. The molecule has 0 aromatic heterocycles. The molecule has 0 atom stereocenters. The van der Waals surface area contributed by atoms with Crippen LogP contribution in [0.2, 0.25) is 0 Å². The van der Waals surface area contributed by atoms with E-state index in [4.69, 9.17) is 5.11 Å². The molecular weight excluding hydrogens is 284 g/mol. The SMILES string of the molecule is Cc1cc(O)c(Br)c(C)c1C(C)(C)CC(=O)O. The number of hydrogen-bond acceptors (Lipinski definition) is 2. The van der Waals surface area contributed by atoms with Crippen molar-refractivity contribution in [3.63, 3.8) is 0 Å². The number of phenols is 1. The van der Waals surface area contributed by atoms with Crippen molar-refractivity contribution in [1.29, 1.82) is 0 Å². The summed E-state index contributed by atoms with van der Waals surface area (Å²) in [6, 6.07) is 1.66. The van der Waals surface area contributed by atoms with Gasteiger partial charge in [-0.1, -0.05) is 13.8 Å². The maximum Gasteiger partial charge on any atom is 0.304 e. The first-order valence-electron chi connectivity index (χ1n) is 5.37.